The number of amides is 1. The normalized spacial score (nSPS) is 15.4. The molecule has 1 amide bonds. The fourth-order valence-corrected chi connectivity index (χ4v) is 2.55. The van der Waals surface area contributed by atoms with Crippen LogP contribution < -0.4 is 4.74 Å². The molecule has 1 fully saturated rings. The van der Waals surface area contributed by atoms with E-state index in [1.807, 2.05) is 42.5 Å². The predicted octanol–water partition coefficient (Wildman–Crippen LogP) is 2.67. The molecule has 0 unspecified atom stereocenters. The lowest BCUT2D eigenvalue weighted by molar-refractivity contribution is 0.103. The molecule has 0 aliphatic carbocycles. The van der Waals surface area contributed by atoms with Crippen LogP contribution in [-0.4, -0.2) is 52.2 Å². The number of piperazine rings is 1. The minimum Gasteiger partial charge on any atom is -0.465 e. The number of rotatable bonds is 4. The Balaban J connectivity index is 1.53. The van der Waals surface area contributed by atoms with Gasteiger partial charge in [0, 0.05) is 45.0 Å². The summed E-state index contributed by atoms with van der Waals surface area (Å²) in [6.45, 7) is 3.47. The Morgan fingerprint density at radius 3 is 2.43 bits per heavy atom. The topological polar surface area (TPSA) is 65.9 Å². The molecule has 23 heavy (non-hydrogen) atoms. The van der Waals surface area contributed by atoms with Crippen LogP contribution >= 0.6 is 0 Å². The van der Waals surface area contributed by atoms with Crippen LogP contribution in [0, 0.1) is 0 Å². The van der Waals surface area contributed by atoms with Crippen molar-refractivity contribution >= 4 is 6.09 Å². The summed E-state index contributed by atoms with van der Waals surface area (Å²) in [6.07, 6.45) is 0.862. The number of carbonyl (C=O) groups is 1. The summed E-state index contributed by atoms with van der Waals surface area (Å²) in [4.78, 5) is 18.7. The van der Waals surface area contributed by atoms with Crippen molar-refractivity contribution in [1.82, 2.24) is 14.8 Å². The highest BCUT2D eigenvalue weighted by Gasteiger charge is 2.20. The van der Waals surface area contributed by atoms with Crippen LogP contribution in [0.2, 0.25) is 0 Å². The SMILES string of the molecule is O=C(O)N1CCN(Cc2ccc(Oc3ccccn3)cc2)CC1. The summed E-state index contributed by atoms with van der Waals surface area (Å²) in [5, 5.41) is 8.95. The van der Waals surface area contributed by atoms with Gasteiger partial charge in [-0.2, -0.15) is 0 Å². The van der Waals surface area contributed by atoms with Gasteiger partial charge < -0.3 is 14.7 Å². The van der Waals surface area contributed by atoms with Crippen molar-refractivity contribution in [3.8, 4) is 11.6 Å². The number of ether oxygens (including phenoxy) is 1. The molecule has 1 aromatic carbocycles. The maximum Gasteiger partial charge on any atom is 0.407 e. The molecule has 120 valence electrons. The van der Waals surface area contributed by atoms with E-state index in [2.05, 4.69) is 9.88 Å². The van der Waals surface area contributed by atoms with Crippen LogP contribution in [0.3, 0.4) is 0 Å². The van der Waals surface area contributed by atoms with E-state index in [-0.39, 0.29) is 0 Å². The third-order valence-corrected chi connectivity index (χ3v) is 3.83. The molecule has 0 atom stereocenters. The number of hydrogen-bond acceptors (Lipinski definition) is 4. The molecule has 2 heterocycles. The van der Waals surface area contributed by atoms with Gasteiger partial charge >= 0.3 is 6.09 Å². The molecule has 0 spiro atoms. The first kappa shape index (κ1) is 15.3. The van der Waals surface area contributed by atoms with Gasteiger partial charge in [-0.25, -0.2) is 9.78 Å². The standard InChI is InChI=1S/C17H19N3O3/c21-17(22)20-11-9-19(10-12-20)13-14-4-6-15(7-5-14)23-16-3-1-2-8-18-16/h1-8H,9-13H2,(H,21,22). The number of hydrogen-bond donors (Lipinski definition) is 1. The number of benzene rings is 1. The molecule has 1 saturated heterocycles. The first-order valence-corrected chi connectivity index (χ1v) is 7.59. The Morgan fingerprint density at radius 1 is 1.09 bits per heavy atom. The fourth-order valence-electron chi connectivity index (χ4n) is 2.55. The zero-order valence-corrected chi connectivity index (χ0v) is 12.8. The Bertz CT molecular complexity index is 638. The first-order chi connectivity index (χ1) is 11.2. The summed E-state index contributed by atoms with van der Waals surface area (Å²) < 4.78 is 5.67. The molecule has 0 radical (unpaired) electrons. The largest absolute Gasteiger partial charge is 0.465 e. The van der Waals surface area contributed by atoms with E-state index in [0.29, 0.717) is 19.0 Å². The Kier molecular flexibility index (Phi) is 4.73. The van der Waals surface area contributed by atoms with Crippen molar-refractivity contribution in [2.75, 3.05) is 26.2 Å². The summed E-state index contributed by atoms with van der Waals surface area (Å²) >= 11 is 0. The van der Waals surface area contributed by atoms with Gasteiger partial charge in [-0.1, -0.05) is 18.2 Å². The van der Waals surface area contributed by atoms with Crippen LogP contribution in [0.4, 0.5) is 4.79 Å². The predicted molar refractivity (Wildman–Crippen MR) is 85.6 cm³/mol. The summed E-state index contributed by atoms with van der Waals surface area (Å²) in [7, 11) is 0. The number of pyridine rings is 1. The van der Waals surface area contributed by atoms with Gasteiger partial charge in [-0.05, 0) is 23.8 Å². The fraction of sp³-hybridized carbons (Fsp3) is 0.294. The Morgan fingerprint density at radius 2 is 1.83 bits per heavy atom. The molecular formula is C17H19N3O3. The van der Waals surface area contributed by atoms with Crippen molar-refractivity contribution in [3.63, 3.8) is 0 Å². The maximum atomic E-state index is 10.9. The average molecular weight is 313 g/mol. The van der Waals surface area contributed by atoms with Crippen LogP contribution in [0.15, 0.2) is 48.7 Å². The number of aromatic nitrogens is 1. The molecule has 1 aliphatic heterocycles. The monoisotopic (exact) mass is 313 g/mol. The highest BCUT2D eigenvalue weighted by molar-refractivity contribution is 5.65. The lowest BCUT2D eigenvalue weighted by atomic mass is 10.2. The smallest absolute Gasteiger partial charge is 0.407 e. The molecular weight excluding hydrogens is 294 g/mol. The van der Waals surface area contributed by atoms with E-state index in [4.69, 9.17) is 9.84 Å². The van der Waals surface area contributed by atoms with E-state index in [1.54, 1.807) is 6.20 Å². The van der Waals surface area contributed by atoms with Crippen molar-refractivity contribution in [2.45, 2.75) is 6.54 Å². The molecule has 1 aromatic heterocycles. The van der Waals surface area contributed by atoms with Crippen molar-refractivity contribution in [1.29, 1.82) is 0 Å². The molecule has 0 bridgehead atoms. The van der Waals surface area contributed by atoms with Gasteiger partial charge in [0.05, 0.1) is 0 Å². The van der Waals surface area contributed by atoms with E-state index in [1.165, 1.54) is 10.5 Å². The van der Waals surface area contributed by atoms with Crippen LogP contribution in [0.25, 0.3) is 0 Å². The molecule has 0 saturated carbocycles. The van der Waals surface area contributed by atoms with Gasteiger partial charge in [0.25, 0.3) is 0 Å². The van der Waals surface area contributed by atoms with E-state index >= 15 is 0 Å². The number of carboxylic acid groups (broad SMARTS) is 1. The first-order valence-electron chi connectivity index (χ1n) is 7.59. The lowest BCUT2D eigenvalue weighted by Crippen LogP contribution is -2.47. The van der Waals surface area contributed by atoms with E-state index in [0.717, 1.165) is 25.4 Å². The van der Waals surface area contributed by atoms with E-state index in [9.17, 15) is 4.79 Å². The second-order valence-corrected chi connectivity index (χ2v) is 5.46. The lowest BCUT2D eigenvalue weighted by Gasteiger charge is -2.33. The van der Waals surface area contributed by atoms with Gasteiger partial charge in [-0.15, -0.1) is 0 Å². The maximum absolute atomic E-state index is 10.9. The molecule has 1 N–H and O–H groups in total. The van der Waals surface area contributed by atoms with Gasteiger partial charge in [-0.3, -0.25) is 4.90 Å². The minimum atomic E-state index is -0.833. The molecule has 3 rings (SSSR count). The van der Waals surface area contributed by atoms with Crippen molar-refractivity contribution in [2.24, 2.45) is 0 Å². The van der Waals surface area contributed by atoms with E-state index < -0.39 is 6.09 Å². The average Bonchev–Trinajstić information content (AvgIpc) is 2.58. The quantitative estimate of drug-likeness (QED) is 0.940. The molecule has 1 aliphatic rings. The third kappa shape index (κ3) is 4.20. The second-order valence-electron chi connectivity index (χ2n) is 5.46. The van der Waals surface area contributed by atoms with Gasteiger partial charge in [0.2, 0.25) is 5.88 Å². The van der Waals surface area contributed by atoms with Gasteiger partial charge in [0.1, 0.15) is 5.75 Å². The molecule has 2 aromatic rings. The van der Waals surface area contributed by atoms with Crippen LogP contribution in [-0.2, 0) is 6.54 Å². The molecule has 6 nitrogen and oxygen atoms in total. The van der Waals surface area contributed by atoms with Gasteiger partial charge in [0.15, 0.2) is 0 Å². The second kappa shape index (κ2) is 7.11. The van der Waals surface area contributed by atoms with Crippen LogP contribution in [0.5, 0.6) is 11.6 Å². The minimum absolute atomic E-state index is 0.566. The highest BCUT2D eigenvalue weighted by atomic mass is 16.5. The highest BCUT2D eigenvalue weighted by Crippen LogP contribution is 2.20. The Labute approximate surface area is 134 Å². The zero-order chi connectivity index (χ0) is 16.1. The summed E-state index contributed by atoms with van der Waals surface area (Å²) in [5.41, 5.74) is 1.18. The van der Waals surface area contributed by atoms with Crippen LogP contribution in [0.1, 0.15) is 5.56 Å². The third-order valence-electron chi connectivity index (χ3n) is 3.83. The van der Waals surface area contributed by atoms with Crippen molar-refractivity contribution < 1.29 is 14.6 Å². The summed E-state index contributed by atoms with van der Waals surface area (Å²) in [5.74, 6) is 1.33. The number of nitrogens with zero attached hydrogens (tertiary/aromatic N) is 3. The van der Waals surface area contributed by atoms with Crippen molar-refractivity contribution in [3.05, 3.63) is 54.2 Å². The zero-order valence-electron chi connectivity index (χ0n) is 12.8. The summed E-state index contributed by atoms with van der Waals surface area (Å²) in [6, 6.07) is 13.5. The molecule has 6 heteroatoms. The Hall–Kier alpha value is -2.60.